The van der Waals surface area contributed by atoms with Crippen LogP contribution in [0.25, 0.3) is 0 Å². The molecule has 0 saturated carbocycles. The molecule has 1 rings (SSSR count). The van der Waals surface area contributed by atoms with Crippen LogP contribution >= 0.6 is 0 Å². The second-order valence-electron chi connectivity index (χ2n) is 3.46. The summed E-state index contributed by atoms with van der Waals surface area (Å²) >= 11 is 0. The van der Waals surface area contributed by atoms with Crippen molar-refractivity contribution in [3.05, 3.63) is 35.9 Å². The van der Waals surface area contributed by atoms with Gasteiger partial charge in [-0.2, -0.15) is 5.26 Å². The molecule has 0 aliphatic heterocycles. The summed E-state index contributed by atoms with van der Waals surface area (Å²) in [5.74, 6) is 0. The van der Waals surface area contributed by atoms with Crippen LogP contribution in [0.4, 0.5) is 0 Å². The number of nitrogens with zero attached hydrogens (tertiary/aromatic N) is 1. The molecule has 0 aromatic heterocycles. The molecule has 0 spiro atoms. The van der Waals surface area contributed by atoms with Crippen LogP contribution in [0.1, 0.15) is 18.9 Å². The van der Waals surface area contributed by atoms with E-state index in [2.05, 4.69) is 11.4 Å². The van der Waals surface area contributed by atoms with Gasteiger partial charge in [0, 0.05) is 6.42 Å². The first kappa shape index (κ1) is 11.7. The average molecular weight is 204 g/mol. The van der Waals surface area contributed by atoms with Gasteiger partial charge >= 0.3 is 0 Å². The second kappa shape index (κ2) is 6.18. The maximum absolute atomic E-state index is 9.38. The summed E-state index contributed by atoms with van der Waals surface area (Å²) in [6, 6.07) is 11.6. The Labute approximate surface area is 90.4 Å². The Balaban J connectivity index is 2.52. The van der Waals surface area contributed by atoms with Crippen LogP contribution in [0.5, 0.6) is 0 Å². The molecule has 3 nitrogen and oxygen atoms in total. The Bertz CT molecular complexity index is 318. The van der Waals surface area contributed by atoms with Crippen molar-refractivity contribution in [2.24, 2.45) is 0 Å². The first-order chi connectivity index (χ1) is 7.26. The number of aliphatic hydroxyl groups is 1. The highest BCUT2D eigenvalue weighted by atomic mass is 16.3. The molecule has 0 saturated heterocycles. The van der Waals surface area contributed by atoms with Crippen molar-refractivity contribution in [1.82, 2.24) is 5.32 Å². The first-order valence-electron chi connectivity index (χ1n) is 5.14. The van der Waals surface area contributed by atoms with E-state index in [4.69, 9.17) is 5.26 Å². The van der Waals surface area contributed by atoms with E-state index in [0.29, 0.717) is 12.8 Å². The van der Waals surface area contributed by atoms with Crippen molar-refractivity contribution in [2.45, 2.75) is 32.0 Å². The van der Waals surface area contributed by atoms with E-state index < -0.39 is 6.23 Å². The molecule has 0 amide bonds. The Morgan fingerprint density at radius 1 is 1.40 bits per heavy atom. The molecule has 1 aromatic carbocycles. The van der Waals surface area contributed by atoms with E-state index in [-0.39, 0.29) is 6.04 Å². The lowest BCUT2D eigenvalue weighted by Gasteiger charge is -2.15. The molecule has 0 radical (unpaired) electrons. The third-order valence-electron chi connectivity index (χ3n) is 2.22. The highest BCUT2D eigenvalue weighted by Crippen LogP contribution is 2.03. The molecular weight excluding hydrogens is 188 g/mol. The molecule has 3 heteroatoms. The van der Waals surface area contributed by atoms with E-state index in [1.165, 1.54) is 0 Å². The van der Waals surface area contributed by atoms with Gasteiger partial charge < -0.3 is 5.11 Å². The summed E-state index contributed by atoms with van der Waals surface area (Å²) in [5.41, 5.74) is 1.10. The fourth-order valence-corrected chi connectivity index (χ4v) is 1.34. The molecule has 0 heterocycles. The topological polar surface area (TPSA) is 56.0 Å². The predicted octanol–water partition coefficient (Wildman–Crippen LogP) is 1.44. The van der Waals surface area contributed by atoms with E-state index in [1.807, 2.05) is 37.3 Å². The molecule has 0 aliphatic carbocycles. The van der Waals surface area contributed by atoms with Crippen molar-refractivity contribution in [3.63, 3.8) is 0 Å². The summed E-state index contributed by atoms with van der Waals surface area (Å²) in [5, 5.41) is 21.1. The van der Waals surface area contributed by atoms with Crippen LogP contribution in [0, 0.1) is 11.3 Å². The van der Waals surface area contributed by atoms with Gasteiger partial charge in [0.25, 0.3) is 0 Å². The van der Waals surface area contributed by atoms with Gasteiger partial charge in [-0.25, -0.2) is 0 Å². The lowest BCUT2D eigenvalue weighted by molar-refractivity contribution is 0.125. The molecule has 0 bridgehead atoms. The zero-order chi connectivity index (χ0) is 11.1. The van der Waals surface area contributed by atoms with Crippen LogP contribution in [-0.4, -0.2) is 17.4 Å². The third kappa shape index (κ3) is 4.11. The van der Waals surface area contributed by atoms with Crippen molar-refractivity contribution in [1.29, 1.82) is 5.26 Å². The molecular formula is C12H16N2O. The molecule has 80 valence electrons. The second-order valence-corrected chi connectivity index (χ2v) is 3.46. The van der Waals surface area contributed by atoms with Crippen LogP contribution in [-0.2, 0) is 6.42 Å². The monoisotopic (exact) mass is 204 g/mol. The number of rotatable bonds is 5. The molecule has 1 unspecified atom stereocenters. The minimum Gasteiger partial charge on any atom is -0.379 e. The van der Waals surface area contributed by atoms with E-state index in [0.717, 1.165) is 5.56 Å². The van der Waals surface area contributed by atoms with Gasteiger partial charge in [0.1, 0.15) is 12.3 Å². The number of hydrogen-bond acceptors (Lipinski definition) is 3. The first-order valence-corrected chi connectivity index (χ1v) is 5.14. The Morgan fingerprint density at radius 2 is 2.07 bits per heavy atom. The largest absolute Gasteiger partial charge is 0.379 e. The number of nitrogens with one attached hydrogen (secondary N) is 1. The minimum absolute atomic E-state index is 0.331. The van der Waals surface area contributed by atoms with Gasteiger partial charge in [-0.15, -0.1) is 0 Å². The molecule has 2 atom stereocenters. The summed E-state index contributed by atoms with van der Waals surface area (Å²) in [7, 11) is 0. The Kier molecular flexibility index (Phi) is 4.82. The zero-order valence-corrected chi connectivity index (χ0v) is 8.85. The SMILES string of the molecule is CCC(O)N[C@H](C#N)Cc1ccccc1. The van der Waals surface area contributed by atoms with Gasteiger partial charge in [0.05, 0.1) is 6.07 Å². The van der Waals surface area contributed by atoms with Crippen LogP contribution in [0.3, 0.4) is 0 Å². The summed E-state index contributed by atoms with van der Waals surface area (Å²) in [6.07, 6.45) is 0.625. The zero-order valence-electron chi connectivity index (χ0n) is 8.85. The van der Waals surface area contributed by atoms with Gasteiger partial charge in [0.15, 0.2) is 0 Å². The van der Waals surface area contributed by atoms with Gasteiger partial charge in [0.2, 0.25) is 0 Å². The van der Waals surface area contributed by atoms with Gasteiger partial charge in [-0.3, -0.25) is 5.32 Å². The van der Waals surface area contributed by atoms with Gasteiger partial charge in [-0.1, -0.05) is 37.3 Å². The summed E-state index contributed by atoms with van der Waals surface area (Å²) in [4.78, 5) is 0. The fourth-order valence-electron chi connectivity index (χ4n) is 1.34. The lowest BCUT2D eigenvalue weighted by atomic mass is 10.1. The Hall–Kier alpha value is -1.37. The molecule has 0 aliphatic rings. The van der Waals surface area contributed by atoms with E-state index >= 15 is 0 Å². The number of nitriles is 1. The Morgan fingerprint density at radius 3 is 2.60 bits per heavy atom. The molecule has 1 aromatic rings. The predicted molar refractivity (Wildman–Crippen MR) is 59.0 cm³/mol. The number of aliphatic hydroxyl groups excluding tert-OH is 1. The smallest absolute Gasteiger partial charge is 0.105 e. The minimum atomic E-state index is -0.599. The van der Waals surface area contributed by atoms with Crippen LogP contribution in [0.2, 0.25) is 0 Å². The normalized spacial score (nSPS) is 14.2. The fraction of sp³-hybridized carbons (Fsp3) is 0.417. The molecule has 2 N–H and O–H groups in total. The molecule has 0 fully saturated rings. The highest BCUT2D eigenvalue weighted by Gasteiger charge is 2.11. The average Bonchev–Trinajstić information content (AvgIpc) is 2.29. The standard InChI is InChI=1S/C12H16N2O/c1-2-12(15)14-11(9-13)8-10-6-4-3-5-7-10/h3-7,11-12,14-15H,2,8H2,1H3/t11-,12?/m0/s1. The lowest BCUT2D eigenvalue weighted by Crippen LogP contribution is -2.38. The van der Waals surface area contributed by atoms with Crippen molar-refractivity contribution < 1.29 is 5.11 Å². The van der Waals surface area contributed by atoms with Crippen molar-refractivity contribution in [3.8, 4) is 6.07 Å². The van der Waals surface area contributed by atoms with Crippen LogP contribution in [0.15, 0.2) is 30.3 Å². The van der Waals surface area contributed by atoms with E-state index in [9.17, 15) is 5.11 Å². The van der Waals surface area contributed by atoms with Crippen molar-refractivity contribution >= 4 is 0 Å². The molecule has 15 heavy (non-hydrogen) atoms. The number of benzene rings is 1. The quantitative estimate of drug-likeness (QED) is 0.713. The number of hydrogen-bond donors (Lipinski definition) is 2. The van der Waals surface area contributed by atoms with Crippen molar-refractivity contribution in [2.75, 3.05) is 0 Å². The summed E-state index contributed by atoms with van der Waals surface area (Å²) < 4.78 is 0. The third-order valence-corrected chi connectivity index (χ3v) is 2.22. The van der Waals surface area contributed by atoms with Gasteiger partial charge in [-0.05, 0) is 12.0 Å². The van der Waals surface area contributed by atoms with E-state index in [1.54, 1.807) is 0 Å². The highest BCUT2D eigenvalue weighted by molar-refractivity contribution is 5.17. The maximum atomic E-state index is 9.38. The van der Waals surface area contributed by atoms with Crippen LogP contribution < -0.4 is 5.32 Å². The maximum Gasteiger partial charge on any atom is 0.105 e. The summed E-state index contributed by atoms with van der Waals surface area (Å²) in [6.45, 7) is 1.87.